The van der Waals surface area contributed by atoms with E-state index in [1.54, 1.807) is 17.9 Å². The van der Waals surface area contributed by atoms with E-state index in [0.29, 0.717) is 37.6 Å². The minimum atomic E-state index is -4.40. The topological polar surface area (TPSA) is 105 Å². The largest absolute Gasteiger partial charge is 0.462 e. The number of piperidine rings is 1. The van der Waals surface area contributed by atoms with Crippen molar-refractivity contribution in [3.05, 3.63) is 63.7 Å². The zero-order valence-electron chi connectivity index (χ0n) is 25.3. The lowest BCUT2D eigenvalue weighted by Gasteiger charge is -2.38. The molecule has 1 aromatic heterocycles. The number of nitrogens with zero attached hydrogens (tertiary/aromatic N) is 5. The van der Waals surface area contributed by atoms with Crippen molar-refractivity contribution >= 4 is 33.2 Å². The second kappa shape index (κ2) is 12.2. The summed E-state index contributed by atoms with van der Waals surface area (Å²) in [6, 6.07) is 7.32. The Morgan fingerprint density at radius 1 is 1.19 bits per heavy atom. The van der Waals surface area contributed by atoms with Crippen LogP contribution in [0.2, 0.25) is 0 Å². The minimum absolute atomic E-state index is 0.0293. The number of terminal acetylenes is 1. The smallest absolute Gasteiger partial charge is 0.401 e. The van der Waals surface area contributed by atoms with Gasteiger partial charge in [0.2, 0.25) is 0 Å². The zero-order valence-corrected chi connectivity index (χ0v) is 25.3. The van der Waals surface area contributed by atoms with Crippen LogP contribution in [0.15, 0.2) is 36.4 Å². The molecule has 14 heteroatoms. The van der Waals surface area contributed by atoms with Gasteiger partial charge in [0, 0.05) is 36.1 Å². The van der Waals surface area contributed by atoms with E-state index in [-0.39, 0.29) is 58.9 Å². The number of hydrogen-bond acceptors (Lipinski definition) is 8. The molecule has 246 valence electrons. The normalized spacial score (nSPS) is 20.6. The molecule has 0 saturated carbocycles. The summed E-state index contributed by atoms with van der Waals surface area (Å²) in [6.45, 7) is 0.960. The highest BCUT2D eigenvalue weighted by atomic mass is 19.4. The first-order chi connectivity index (χ1) is 22.3. The van der Waals surface area contributed by atoms with Crippen LogP contribution in [0.25, 0.3) is 32.8 Å². The Kier molecular flexibility index (Phi) is 8.39. The number of rotatable bonds is 7. The van der Waals surface area contributed by atoms with Crippen molar-refractivity contribution in [1.82, 2.24) is 14.9 Å². The molecule has 6 rings (SSSR count). The lowest BCUT2D eigenvalue weighted by atomic mass is 9.92. The van der Waals surface area contributed by atoms with Gasteiger partial charge in [0.25, 0.3) is 5.69 Å². The molecular formula is C33H30F5N5O4. The lowest BCUT2D eigenvalue weighted by Crippen LogP contribution is -2.46. The minimum Gasteiger partial charge on any atom is -0.462 e. The van der Waals surface area contributed by atoms with Gasteiger partial charge < -0.3 is 14.7 Å². The third-order valence-electron chi connectivity index (χ3n) is 8.74. The van der Waals surface area contributed by atoms with E-state index in [4.69, 9.17) is 11.2 Å². The summed E-state index contributed by atoms with van der Waals surface area (Å²) in [7, 11) is 0. The van der Waals surface area contributed by atoms with Crippen LogP contribution in [0, 0.1) is 34.1 Å². The molecule has 9 nitrogen and oxygen atoms in total. The van der Waals surface area contributed by atoms with Gasteiger partial charge in [0.15, 0.2) is 5.82 Å². The number of ether oxygens (including phenoxy) is 1. The van der Waals surface area contributed by atoms with E-state index >= 15 is 4.39 Å². The second-order valence-corrected chi connectivity index (χ2v) is 12.3. The van der Waals surface area contributed by atoms with Crippen LogP contribution >= 0.6 is 0 Å². The number of hydrogen-bond donors (Lipinski definition) is 1. The van der Waals surface area contributed by atoms with Gasteiger partial charge in [-0.15, -0.1) is 6.42 Å². The maximum absolute atomic E-state index is 16.9. The predicted octanol–water partition coefficient (Wildman–Crippen LogP) is 6.37. The maximum atomic E-state index is 16.9. The van der Waals surface area contributed by atoms with Gasteiger partial charge >= 0.3 is 12.2 Å². The number of aliphatic hydroxyl groups is 1. The van der Waals surface area contributed by atoms with Gasteiger partial charge in [-0.2, -0.15) is 23.1 Å². The van der Waals surface area contributed by atoms with Crippen LogP contribution < -0.4 is 9.64 Å². The highest BCUT2D eigenvalue weighted by Crippen LogP contribution is 2.44. The zero-order chi connectivity index (χ0) is 33.7. The summed E-state index contributed by atoms with van der Waals surface area (Å²) in [5, 5.41) is 23.8. The molecule has 4 aromatic rings. The Bertz CT molecular complexity index is 1930. The number of fused-ring (bicyclic) bond motifs is 2. The van der Waals surface area contributed by atoms with Gasteiger partial charge in [-0.05, 0) is 50.6 Å². The van der Waals surface area contributed by atoms with Gasteiger partial charge in [-0.1, -0.05) is 30.2 Å². The molecule has 0 bridgehead atoms. The summed E-state index contributed by atoms with van der Waals surface area (Å²) >= 11 is 0. The van der Waals surface area contributed by atoms with Gasteiger partial charge in [-0.25, -0.2) is 8.78 Å². The molecular weight excluding hydrogens is 625 g/mol. The number of alkyl halides is 3. The van der Waals surface area contributed by atoms with E-state index in [0.717, 1.165) is 12.1 Å². The van der Waals surface area contributed by atoms with Crippen molar-refractivity contribution in [1.29, 1.82) is 0 Å². The average molecular weight is 656 g/mol. The van der Waals surface area contributed by atoms with E-state index < -0.39 is 52.2 Å². The molecule has 3 heterocycles. The van der Waals surface area contributed by atoms with Crippen molar-refractivity contribution < 1.29 is 36.7 Å². The molecule has 2 atom stereocenters. The fraction of sp³-hybridized carbons (Fsp3) is 0.394. The van der Waals surface area contributed by atoms with Crippen molar-refractivity contribution in [2.45, 2.75) is 50.4 Å². The third-order valence-corrected chi connectivity index (χ3v) is 8.74. The van der Waals surface area contributed by atoms with Crippen LogP contribution in [-0.2, 0) is 0 Å². The van der Waals surface area contributed by atoms with Crippen LogP contribution in [-0.4, -0.2) is 75.5 Å². The summed E-state index contributed by atoms with van der Waals surface area (Å²) in [5.41, 5.74) is -2.87. The highest BCUT2D eigenvalue weighted by molar-refractivity contribution is 6.06. The third kappa shape index (κ3) is 6.37. The molecule has 0 amide bonds. The van der Waals surface area contributed by atoms with Crippen LogP contribution in [0.1, 0.15) is 38.2 Å². The average Bonchev–Trinajstić information content (AvgIpc) is 3.44. The molecule has 1 N–H and O–H groups in total. The van der Waals surface area contributed by atoms with E-state index in [2.05, 4.69) is 15.9 Å². The molecule has 0 aliphatic carbocycles. The fourth-order valence-corrected chi connectivity index (χ4v) is 6.68. The Hall–Kier alpha value is -4.61. The number of nitro benzene ring substituents is 1. The number of aromatic nitrogens is 2. The number of benzene rings is 3. The fourth-order valence-electron chi connectivity index (χ4n) is 6.68. The first kappa shape index (κ1) is 32.3. The van der Waals surface area contributed by atoms with Gasteiger partial charge in [0.1, 0.15) is 23.8 Å². The number of likely N-dealkylation sites (tertiary alicyclic amines) is 1. The Morgan fingerprint density at radius 3 is 2.68 bits per heavy atom. The quantitative estimate of drug-likeness (QED) is 0.106. The Balaban J connectivity index is 1.54. The highest BCUT2D eigenvalue weighted by Gasteiger charge is 2.37. The van der Waals surface area contributed by atoms with Gasteiger partial charge in [0.05, 0.1) is 33.6 Å². The predicted molar refractivity (Wildman–Crippen MR) is 165 cm³/mol. The second-order valence-electron chi connectivity index (χ2n) is 12.3. The number of halogens is 5. The maximum Gasteiger partial charge on any atom is 0.401 e. The molecule has 0 unspecified atom stereocenters. The van der Waals surface area contributed by atoms with Crippen LogP contribution in [0.4, 0.5) is 33.5 Å². The van der Waals surface area contributed by atoms with Gasteiger partial charge in [-0.3, -0.25) is 15.0 Å². The lowest BCUT2D eigenvalue weighted by molar-refractivity contribution is -0.384. The van der Waals surface area contributed by atoms with Crippen molar-refractivity contribution in [2.24, 2.45) is 0 Å². The molecule has 2 aliphatic rings. The van der Waals surface area contributed by atoms with Crippen molar-refractivity contribution in [2.75, 3.05) is 37.7 Å². The van der Waals surface area contributed by atoms with E-state index in [1.807, 2.05) is 0 Å². The molecule has 2 saturated heterocycles. The molecule has 2 fully saturated rings. The molecule has 2 aliphatic heterocycles. The molecule has 3 aromatic carbocycles. The van der Waals surface area contributed by atoms with Crippen LogP contribution in [0.5, 0.6) is 6.01 Å². The molecule has 0 radical (unpaired) electrons. The summed E-state index contributed by atoms with van der Waals surface area (Å²) in [6.07, 6.45) is 3.18. The van der Waals surface area contributed by atoms with Crippen molar-refractivity contribution in [3.8, 4) is 29.5 Å². The SMILES string of the molecule is C#Cc1c(F)ccc2cccc(-c3c([N+](=O)[O-])cc4c(N5CCC[C@@](C)(O)C5)nc(OC[C@@H]5CCCN5CC(F)(F)F)nc4c3F)c12. The first-order valence-corrected chi connectivity index (χ1v) is 15.0. The first-order valence-electron chi connectivity index (χ1n) is 15.0. The number of nitro groups is 1. The molecule has 0 spiro atoms. The van der Waals surface area contributed by atoms with E-state index in [1.165, 1.54) is 23.1 Å². The number of anilines is 1. The summed E-state index contributed by atoms with van der Waals surface area (Å²) < 4.78 is 77.1. The summed E-state index contributed by atoms with van der Waals surface area (Å²) in [4.78, 5) is 23.4. The molecule has 47 heavy (non-hydrogen) atoms. The van der Waals surface area contributed by atoms with Crippen molar-refractivity contribution in [3.63, 3.8) is 0 Å². The Morgan fingerprint density at radius 2 is 1.98 bits per heavy atom. The van der Waals surface area contributed by atoms with E-state index in [9.17, 15) is 32.8 Å². The number of β-amino-alcohol motifs (C(OH)–C–C–N with tert-alkyl or cyclic N) is 1. The standard InChI is InChI=1S/C33H30F5N5O4/c1-3-21-24(34)11-10-19-7-4-9-22(26(19)21)27-25(43(45)46)15-23-29(28(27)35)39-31(40-30(23)42-14-6-12-32(2,44)17-42)47-16-20-8-5-13-41(20)18-33(36,37)38/h1,4,7,9-11,15,20,44H,5-6,8,12-14,16-18H2,2H3/t20-,32+/m0/s1. The van der Waals surface area contributed by atoms with Crippen LogP contribution in [0.3, 0.4) is 0 Å². The Labute approximate surface area is 266 Å². The summed E-state index contributed by atoms with van der Waals surface area (Å²) in [5.74, 6) is 0.443. The monoisotopic (exact) mass is 655 g/mol.